The molecule has 0 aliphatic carbocycles. The van der Waals surface area contributed by atoms with Crippen molar-refractivity contribution in [2.45, 2.75) is 89.7 Å². The van der Waals surface area contributed by atoms with Gasteiger partial charge in [0.25, 0.3) is 0 Å². The van der Waals surface area contributed by atoms with Crippen molar-refractivity contribution < 1.29 is 15.0 Å². The molecule has 0 aromatic rings. The van der Waals surface area contributed by atoms with Crippen LogP contribution in [-0.2, 0) is 4.79 Å². The molecule has 1 saturated heterocycles. The van der Waals surface area contributed by atoms with E-state index in [1.54, 1.807) is 0 Å². The Labute approximate surface area is 141 Å². The summed E-state index contributed by atoms with van der Waals surface area (Å²) in [7, 11) is 0. The van der Waals surface area contributed by atoms with Crippen LogP contribution in [0.4, 0.5) is 0 Å². The molecule has 0 bridgehead atoms. The van der Waals surface area contributed by atoms with Gasteiger partial charge in [0.2, 0.25) is 5.91 Å². The van der Waals surface area contributed by atoms with Crippen LogP contribution in [0.3, 0.4) is 0 Å². The first-order valence-electron chi connectivity index (χ1n) is 9.45. The maximum absolute atomic E-state index is 12.0. The Hall–Kier alpha value is -0.870. The van der Waals surface area contributed by atoms with Crippen LogP contribution in [0.25, 0.3) is 0 Å². The summed E-state index contributed by atoms with van der Waals surface area (Å²) in [5.74, 6) is 0.246. The van der Waals surface area contributed by atoms with Crippen LogP contribution in [0.5, 0.6) is 0 Å². The molecule has 1 aliphatic rings. The Balaban J connectivity index is 2.28. The van der Waals surface area contributed by atoms with Crippen molar-refractivity contribution in [3.63, 3.8) is 0 Å². The summed E-state index contributed by atoms with van der Waals surface area (Å²) in [4.78, 5) is 14.0. The Morgan fingerprint density at radius 2 is 1.91 bits per heavy atom. The highest BCUT2D eigenvalue weighted by atomic mass is 16.3. The van der Waals surface area contributed by atoms with Crippen LogP contribution >= 0.6 is 0 Å². The Morgan fingerprint density at radius 1 is 1.17 bits per heavy atom. The van der Waals surface area contributed by atoms with Crippen molar-refractivity contribution in [1.82, 2.24) is 4.90 Å². The second-order valence-corrected chi connectivity index (χ2v) is 6.63. The number of unbranched alkanes of at least 4 members (excludes halogenated alkanes) is 6. The molecule has 0 saturated carbocycles. The number of rotatable bonds is 13. The van der Waals surface area contributed by atoms with Gasteiger partial charge in [-0.2, -0.15) is 0 Å². The summed E-state index contributed by atoms with van der Waals surface area (Å²) in [5, 5.41) is 18.7. The average molecular weight is 325 g/mol. The number of carbonyl (C=O) groups excluding carboxylic acids is 1. The maximum atomic E-state index is 12.0. The lowest BCUT2D eigenvalue weighted by Gasteiger charge is -2.22. The number of likely N-dealkylation sites (tertiary alicyclic amines) is 1. The van der Waals surface area contributed by atoms with Crippen molar-refractivity contribution in [2.75, 3.05) is 13.2 Å². The molecule has 0 spiro atoms. The van der Waals surface area contributed by atoms with Gasteiger partial charge >= 0.3 is 0 Å². The molecule has 0 radical (unpaired) electrons. The molecule has 0 aromatic heterocycles. The Kier molecular flexibility index (Phi) is 11.0. The minimum atomic E-state index is -0.377. The molecule has 0 aromatic carbocycles. The molecular formula is C19H35NO3. The molecule has 1 rings (SSSR count). The van der Waals surface area contributed by atoms with Gasteiger partial charge in [-0.05, 0) is 25.7 Å². The monoisotopic (exact) mass is 325 g/mol. The predicted molar refractivity (Wildman–Crippen MR) is 94.2 cm³/mol. The lowest BCUT2D eigenvalue weighted by Crippen LogP contribution is -2.32. The van der Waals surface area contributed by atoms with Gasteiger partial charge < -0.3 is 15.1 Å². The highest BCUT2D eigenvalue weighted by Gasteiger charge is 2.28. The van der Waals surface area contributed by atoms with Crippen LogP contribution in [0, 0.1) is 0 Å². The number of amides is 1. The fourth-order valence-electron chi connectivity index (χ4n) is 3.13. The highest BCUT2D eigenvalue weighted by Crippen LogP contribution is 2.21. The number of hydrogen-bond donors (Lipinski definition) is 2. The van der Waals surface area contributed by atoms with Crippen molar-refractivity contribution in [3.8, 4) is 0 Å². The Bertz CT molecular complexity index is 344. The van der Waals surface area contributed by atoms with Gasteiger partial charge in [0.1, 0.15) is 0 Å². The summed E-state index contributed by atoms with van der Waals surface area (Å²) < 4.78 is 0. The highest BCUT2D eigenvalue weighted by molar-refractivity contribution is 5.79. The SMILES string of the molecule is CCCCC[C@H](O)/C=C/C1CCC(=O)N1CCCCCCCO. The van der Waals surface area contributed by atoms with E-state index >= 15 is 0 Å². The first-order chi connectivity index (χ1) is 11.2. The van der Waals surface area contributed by atoms with Gasteiger partial charge in [-0.25, -0.2) is 0 Å². The van der Waals surface area contributed by atoms with E-state index in [1.807, 2.05) is 17.1 Å². The van der Waals surface area contributed by atoms with Crippen molar-refractivity contribution in [2.24, 2.45) is 0 Å². The van der Waals surface area contributed by atoms with E-state index in [9.17, 15) is 9.90 Å². The van der Waals surface area contributed by atoms with Gasteiger partial charge in [-0.3, -0.25) is 4.79 Å². The Morgan fingerprint density at radius 3 is 2.65 bits per heavy atom. The summed E-state index contributed by atoms with van der Waals surface area (Å²) in [6.07, 6.45) is 14.5. The first kappa shape index (κ1) is 20.2. The molecule has 1 fully saturated rings. The second kappa shape index (κ2) is 12.5. The first-order valence-corrected chi connectivity index (χ1v) is 9.45. The smallest absolute Gasteiger partial charge is 0.223 e. The zero-order valence-corrected chi connectivity index (χ0v) is 14.8. The van der Waals surface area contributed by atoms with E-state index in [0.29, 0.717) is 6.42 Å². The normalized spacial score (nSPS) is 19.9. The minimum absolute atomic E-state index is 0.167. The zero-order valence-electron chi connectivity index (χ0n) is 14.8. The minimum Gasteiger partial charge on any atom is -0.396 e. The van der Waals surface area contributed by atoms with Crippen LogP contribution in [0.1, 0.15) is 77.6 Å². The third kappa shape index (κ3) is 8.52. The van der Waals surface area contributed by atoms with Crippen LogP contribution in [0.2, 0.25) is 0 Å². The van der Waals surface area contributed by atoms with Gasteiger partial charge in [0.15, 0.2) is 0 Å². The third-order valence-corrected chi connectivity index (χ3v) is 4.59. The standard InChI is InChI=1S/C19H35NO3/c1-2-3-7-10-18(22)13-11-17-12-14-19(23)20(17)15-8-5-4-6-9-16-21/h11,13,17-18,21-22H,2-10,12,14-16H2,1H3/b13-11+/t17?,18-/m0/s1. The molecular weight excluding hydrogens is 290 g/mol. The maximum Gasteiger partial charge on any atom is 0.223 e. The van der Waals surface area contributed by atoms with Gasteiger partial charge in [-0.1, -0.05) is 57.6 Å². The number of hydrogen-bond acceptors (Lipinski definition) is 3. The summed E-state index contributed by atoms with van der Waals surface area (Å²) >= 11 is 0. The lowest BCUT2D eigenvalue weighted by molar-refractivity contribution is -0.128. The molecule has 1 amide bonds. The third-order valence-electron chi connectivity index (χ3n) is 4.59. The van der Waals surface area contributed by atoms with E-state index in [-0.39, 0.29) is 24.7 Å². The van der Waals surface area contributed by atoms with Crippen LogP contribution < -0.4 is 0 Å². The van der Waals surface area contributed by atoms with Gasteiger partial charge in [0.05, 0.1) is 12.1 Å². The van der Waals surface area contributed by atoms with E-state index in [1.165, 1.54) is 6.42 Å². The lowest BCUT2D eigenvalue weighted by atomic mass is 10.1. The number of carbonyl (C=O) groups is 1. The zero-order chi connectivity index (χ0) is 16.9. The molecule has 1 unspecified atom stereocenters. The van der Waals surface area contributed by atoms with Crippen LogP contribution in [0.15, 0.2) is 12.2 Å². The van der Waals surface area contributed by atoms with E-state index < -0.39 is 0 Å². The van der Waals surface area contributed by atoms with Crippen molar-refractivity contribution in [3.05, 3.63) is 12.2 Å². The largest absolute Gasteiger partial charge is 0.396 e. The van der Waals surface area contributed by atoms with E-state index in [2.05, 4.69) is 6.92 Å². The topological polar surface area (TPSA) is 60.8 Å². The molecule has 1 aliphatic heterocycles. The molecule has 1 heterocycles. The van der Waals surface area contributed by atoms with Crippen molar-refractivity contribution in [1.29, 1.82) is 0 Å². The molecule has 4 heteroatoms. The molecule has 23 heavy (non-hydrogen) atoms. The number of aliphatic hydroxyl groups excluding tert-OH is 2. The van der Waals surface area contributed by atoms with Gasteiger partial charge in [0, 0.05) is 19.6 Å². The molecule has 4 nitrogen and oxygen atoms in total. The molecule has 134 valence electrons. The predicted octanol–water partition coefficient (Wildman–Crippen LogP) is 3.42. The summed E-state index contributed by atoms with van der Waals surface area (Å²) in [5.41, 5.74) is 0. The molecule has 2 atom stereocenters. The number of aliphatic hydroxyl groups is 2. The van der Waals surface area contributed by atoms with E-state index in [4.69, 9.17) is 5.11 Å². The summed E-state index contributed by atoms with van der Waals surface area (Å²) in [6, 6.07) is 0.167. The number of nitrogens with zero attached hydrogens (tertiary/aromatic N) is 1. The quantitative estimate of drug-likeness (QED) is 0.403. The van der Waals surface area contributed by atoms with Crippen molar-refractivity contribution >= 4 is 5.91 Å². The summed E-state index contributed by atoms with van der Waals surface area (Å²) in [6.45, 7) is 3.25. The van der Waals surface area contributed by atoms with Crippen LogP contribution in [-0.4, -0.2) is 46.3 Å². The van der Waals surface area contributed by atoms with Gasteiger partial charge in [-0.15, -0.1) is 0 Å². The fraction of sp³-hybridized carbons (Fsp3) is 0.842. The second-order valence-electron chi connectivity index (χ2n) is 6.63. The van der Waals surface area contributed by atoms with E-state index in [0.717, 1.165) is 64.3 Å². The average Bonchev–Trinajstić information content (AvgIpc) is 2.89. The fourth-order valence-corrected chi connectivity index (χ4v) is 3.13. The molecule has 2 N–H and O–H groups in total.